The van der Waals surface area contributed by atoms with Gasteiger partial charge in [-0.3, -0.25) is 9.69 Å². The molecule has 2 bridgehead atoms. The van der Waals surface area contributed by atoms with E-state index >= 15 is 0 Å². The smallest absolute Gasteiger partial charge is 0.411 e. The van der Waals surface area contributed by atoms with Crippen molar-refractivity contribution in [2.75, 3.05) is 6.61 Å². The third-order valence-electron chi connectivity index (χ3n) is 6.02. The molecule has 0 aromatic rings. The molecule has 2 aliphatic heterocycles. The standard InChI is InChI=1S/C21H37NO4Si/c1-20(2,3)26-19(24)22-15-10-9-11-16(17(22)13-12-15)18(23)14-25-27(7,8)21(4,5)6/h11,15,17H,9-10,12-14H2,1-8H3/t15-,17-/m1/s1. The fourth-order valence-corrected chi connectivity index (χ4v) is 4.40. The van der Waals surface area contributed by atoms with Crippen LogP contribution in [0.4, 0.5) is 4.79 Å². The summed E-state index contributed by atoms with van der Waals surface area (Å²) in [5, 5.41) is 0.0616. The van der Waals surface area contributed by atoms with Gasteiger partial charge in [0.25, 0.3) is 0 Å². The Morgan fingerprint density at radius 3 is 2.30 bits per heavy atom. The van der Waals surface area contributed by atoms with Crippen molar-refractivity contribution in [1.82, 2.24) is 4.90 Å². The van der Waals surface area contributed by atoms with Gasteiger partial charge in [-0.15, -0.1) is 0 Å². The molecule has 0 aromatic carbocycles. The number of rotatable bonds is 4. The van der Waals surface area contributed by atoms with Gasteiger partial charge in [0.1, 0.15) is 5.60 Å². The Morgan fingerprint density at radius 2 is 1.74 bits per heavy atom. The van der Waals surface area contributed by atoms with Gasteiger partial charge in [0, 0.05) is 11.6 Å². The van der Waals surface area contributed by atoms with E-state index < -0.39 is 13.9 Å². The molecule has 0 saturated carbocycles. The molecule has 27 heavy (non-hydrogen) atoms. The number of amides is 1. The predicted octanol–water partition coefficient (Wildman–Crippen LogP) is 5.07. The molecular formula is C21H37NO4Si. The van der Waals surface area contributed by atoms with Crippen molar-refractivity contribution in [3.05, 3.63) is 11.6 Å². The second kappa shape index (κ2) is 7.70. The van der Waals surface area contributed by atoms with Crippen LogP contribution in [0, 0.1) is 0 Å². The summed E-state index contributed by atoms with van der Waals surface area (Å²) in [4.78, 5) is 27.6. The lowest BCUT2D eigenvalue weighted by atomic mass is 9.97. The summed E-state index contributed by atoms with van der Waals surface area (Å²) < 4.78 is 11.8. The highest BCUT2D eigenvalue weighted by atomic mass is 28.4. The number of ketones is 1. The SMILES string of the molecule is CC(C)(C)OC(=O)N1[C@@H]2CCC=C(C(=O)CO[Si](C)(C)C(C)(C)C)[C@H]1CC2. The van der Waals surface area contributed by atoms with E-state index in [4.69, 9.17) is 9.16 Å². The Bertz CT molecular complexity index is 613. The molecule has 1 amide bonds. The van der Waals surface area contributed by atoms with E-state index in [1.807, 2.05) is 31.7 Å². The summed E-state index contributed by atoms with van der Waals surface area (Å²) in [6.07, 6.45) is 5.18. The van der Waals surface area contributed by atoms with Crippen LogP contribution in [0.3, 0.4) is 0 Å². The van der Waals surface area contributed by atoms with E-state index in [0.717, 1.165) is 31.3 Å². The van der Waals surface area contributed by atoms with Gasteiger partial charge in [-0.05, 0) is 64.6 Å². The van der Waals surface area contributed by atoms with Crippen molar-refractivity contribution in [2.24, 2.45) is 0 Å². The number of hydrogen-bond acceptors (Lipinski definition) is 4. The van der Waals surface area contributed by atoms with E-state index in [1.54, 1.807) is 0 Å². The normalized spacial score (nSPS) is 23.7. The molecule has 0 aromatic heterocycles. The zero-order chi connectivity index (χ0) is 20.6. The van der Waals surface area contributed by atoms with Crippen molar-refractivity contribution in [3.63, 3.8) is 0 Å². The van der Waals surface area contributed by atoms with Gasteiger partial charge < -0.3 is 9.16 Å². The minimum atomic E-state index is -1.99. The first-order valence-electron chi connectivity index (χ1n) is 10.1. The maximum absolute atomic E-state index is 13.0. The highest BCUT2D eigenvalue weighted by Crippen LogP contribution is 2.38. The number of hydrogen-bond donors (Lipinski definition) is 0. The number of allylic oxidation sites excluding steroid dienone is 1. The van der Waals surface area contributed by atoms with Crippen LogP contribution < -0.4 is 0 Å². The number of ether oxygens (including phenoxy) is 1. The fourth-order valence-electron chi connectivity index (χ4n) is 3.48. The van der Waals surface area contributed by atoms with Crippen LogP contribution in [0.15, 0.2) is 11.6 Å². The molecule has 0 radical (unpaired) electrons. The van der Waals surface area contributed by atoms with Crippen molar-refractivity contribution >= 4 is 20.2 Å². The monoisotopic (exact) mass is 395 g/mol. The third-order valence-corrected chi connectivity index (χ3v) is 10.5. The topological polar surface area (TPSA) is 55.8 Å². The maximum atomic E-state index is 13.0. The summed E-state index contributed by atoms with van der Waals surface area (Å²) in [5.41, 5.74) is 0.196. The van der Waals surface area contributed by atoms with E-state index in [1.165, 1.54) is 0 Å². The second-order valence-corrected chi connectivity index (χ2v) is 15.2. The summed E-state index contributed by atoms with van der Waals surface area (Å²) in [5.74, 6) is 0.0148. The number of carbonyl (C=O) groups is 2. The second-order valence-electron chi connectivity index (χ2n) is 10.3. The highest BCUT2D eigenvalue weighted by molar-refractivity contribution is 6.74. The summed E-state index contributed by atoms with van der Waals surface area (Å²) in [7, 11) is -1.99. The first kappa shape index (κ1) is 22.1. The molecule has 5 nitrogen and oxygen atoms in total. The molecule has 0 spiro atoms. The summed E-state index contributed by atoms with van der Waals surface area (Å²) in [6, 6.07) is -0.0180. The number of nitrogens with zero attached hydrogens (tertiary/aromatic N) is 1. The van der Waals surface area contributed by atoms with Crippen molar-refractivity contribution in [3.8, 4) is 0 Å². The minimum absolute atomic E-state index is 0.0148. The van der Waals surface area contributed by atoms with Crippen LogP contribution in [-0.2, 0) is 14.0 Å². The van der Waals surface area contributed by atoms with Gasteiger partial charge in [-0.25, -0.2) is 4.79 Å². The van der Waals surface area contributed by atoms with Crippen LogP contribution in [0.1, 0.15) is 67.2 Å². The van der Waals surface area contributed by atoms with Crippen molar-refractivity contribution in [2.45, 2.75) is 103 Å². The summed E-state index contributed by atoms with van der Waals surface area (Å²) in [6.45, 7) is 16.5. The Hall–Kier alpha value is -1.14. The van der Waals surface area contributed by atoms with Crippen molar-refractivity contribution < 1.29 is 18.8 Å². The van der Waals surface area contributed by atoms with Crippen molar-refractivity contribution in [1.29, 1.82) is 0 Å². The maximum Gasteiger partial charge on any atom is 0.411 e. The lowest BCUT2D eigenvalue weighted by Crippen LogP contribution is -2.46. The average Bonchev–Trinajstić information content (AvgIpc) is 2.78. The fraction of sp³-hybridized carbons (Fsp3) is 0.810. The van der Waals surface area contributed by atoms with Crippen LogP contribution in [0.2, 0.25) is 18.1 Å². The molecule has 1 saturated heterocycles. The first-order chi connectivity index (χ1) is 12.2. The molecule has 154 valence electrons. The molecule has 1 fully saturated rings. The molecule has 0 unspecified atom stereocenters. The van der Waals surface area contributed by atoms with Gasteiger partial charge in [0.05, 0.1) is 12.6 Å². The Kier molecular flexibility index (Phi) is 6.32. The van der Waals surface area contributed by atoms with Crippen LogP contribution in [-0.4, -0.2) is 49.4 Å². The molecule has 2 rings (SSSR count). The van der Waals surface area contributed by atoms with E-state index in [0.29, 0.717) is 0 Å². The lowest BCUT2D eigenvalue weighted by molar-refractivity contribution is -0.118. The molecule has 2 atom stereocenters. The zero-order valence-electron chi connectivity index (χ0n) is 18.3. The quantitative estimate of drug-likeness (QED) is 0.624. The van der Waals surface area contributed by atoms with Gasteiger partial charge in [0.15, 0.2) is 14.1 Å². The lowest BCUT2D eigenvalue weighted by Gasteiger charge is -2.36. The highest BCUT2D eigenvalue weighted by Gasteiger charge is 2.44. The predicted molar refractivity (Wildman–Crippen MR) is 110 cm³/mol. The molecule has 2 aliphatic rings. The minimum Gasteiger partial charge on any atom is -0.444 e. The molecule has 0 aliphatic carbocycles. The van der Waals surface area contributed by atoms with Gasteiger partial charge in [-0.2, -0.15) is 0 Å². The summed E-state index contributed by atoms with van der Waals surface area (Å²) >= 11 is 0. The molecule has 0 N–H and O–H groups in total. The Labute approximate surface area is 165 Å². The van der Waals surface area contributed by atoms with Crippen LogP contribution in [0.5, 0.6) is 0 Å². The van der Waals surface area contributed by atoms with Gasteiger partial charge in [-0.1, -0.05) is 26.8 Å². The van der Waals surface area contributed by atoms with Gasteiger partial charge >= 0.3 is 6.09 Å². The molecule has 2 heterocycles. The first-order valence-corrected chi connectivity index (χ1v) is 13.0. The average molecular weight is 396 g/mol. The van der Waals surface area contributed by atoms with Gasteiger partial charge in [0.2, 0.25) is 0 Å². The van der Waals surface area contributed by atoms with Crippen LogP contribution in [0.25, 0.3) is 0 Å². The van der Waals surface area contributed by atoms with E-state index in [-0.39, 0.29) is 35.6 Å². The Morgan fingerprint density at radius 1 is 1.11 bits per heavy atom. The van der Waals surface area contributed by atoms with E-state index in [2.05, 4.69) is 33.9 Å². The zero-order valence-corrected chi connectivity index (χ0v) is 19.3. The molecule has 6 heteroatoms. The molecular weight excluding hydrogens is 358 g/mol. The number of carbonyl (C=O) groups excluding carboxylic acids is 2. The number of fused-ring (bicyclic) bond motifs is 2. The van der Waals surface area contributed by atoms with Crippen LogP contribution >= 0.6 is 0 Å². The largest absolute Gasteiger partial charge is 0.444 e. The number of Topliss-reactive ketones (excluding diaryl/α,β-unsaturated/α-hetero) is 1. The third kappa shape index (κ3) is 5.22. The van der Waals surface area contributed by atoms with E-state index in [9.17, 15) is 9.59 Å². The Balaban J connectivity index is 2.13.